The summed E-state index contributed by atoms with van der Waals surface area (Å²) in [6.45, 7) is 18.1. The second kappa shape index (κ2) is 3.00. The van der Waals surface area contributed by atoms with E-state index in [9.17, 15) is 5.11 Å². The van der Waals surface area contributed by atoms with Gasteiger partial charge in [0, 0.05) is 0 Å². The fourth-order valence-electron chi connectivity index (χ4n) is 3.65. The molecule has 0 aliphatic heterocycles. The van der Waals surface area contributed by atoms with Gasteiger partial charge >= 0.3 is 0 Å². The van der Waals surface area contributed by atoms with Crippen LogP contribution < -0.4 is 0 Å². The number of aliphatic hydroxyl groups is 1. The fourth-order valence-corrected chi connectivity index (χ4v) is 3.65. The van der Waals surface area contributed by atoms with Gasteiger partial charge in [-0.3, -0.25) is 0 Å². The highest BCUT2D eigenvalue weighted by Crippen LogP contribution is 2.63. The topological polar surface area (TPSA) is 20.2 Å². The zero-order chi connectivity index (χ0) is 12.3. The molecule has 1 nitrogen and oxygen atoms in total. The van der Waals surface area contributed by atoms with Gasteiger partial charge in [-0.15, -0.1) is 0 Å². The van der Waals surface area contributed by atoms with E-state index >= 15 is 0 Å². The Morgan fingerprint density at radius 1 is 0.867 bits per heavy atom. The van der Waals surface area contributed by atoms with Crippen LogP contribution in [0.15, 0.2) is 0 Å². The average Bonchev–Trinajstić information content (AvgIpc) is 1.98. The van der Waals surface area contributed by atoms with Crippen molar-refractivity contribution in [1.82, 2.24) is 0 Å². The maximum absolute atomic E-state index is 10.5. The van der Waals surface area contributed by atoms with Crippen molar-refractivity contribution < 1.29 is 5.11 Å². The number of hydrogen-bond donors (Lipinski definition) is 1. The van der Waals surface area contributed by atoms with Crippen molar-refractivity contribution >= 4 is 0 Å². The van der Waals surface area contributed by atoms with Crippen LogP contribution in [-0.2, 0) is 0 Å². The van der Waals surface area contributed by atoms with Crippen molar-refractivity contribution in [3.05, 3.63) is 0 Å². The lowest BCUT2D eigenvalue weighted by Crippen LogP contribution is -2.61. The minimum absolute atomic E-state index is 0.0164. The molecular weight excluding hydrogens is 184 g/mol. The SMILES string of the molecule is CC1(C)CC(C)(C)C(C)(C)C(C)(C)C1O. The minimum Gasteiger partial charge on any atom is -0.392 e. The molecule has 0 bridgehead atoms. The number of rotatable bonds is 0. The Balaban J connectivity index is 3.27. The quantitative estimate of drug-likeness (QED) is 0.646. The predicted molar refractivity (Wildman–Crippen MR) is 65.7 cm³/mol. The minimum atomic E-state index is -0.229. The fraction of sp³-hybridized carbons (Fsp3) is 1.00. The number of aliphatic hydroxyl groups excluding tert-OH is 1. The van der Waals surface area contributed by atoms with E-state index in [1.54, 1.807) is 0 Å². The van der Waals surface area contributed by atoms with Crippen LogP contribution in [-0.4, -0.2) is 11.2 Å². The summed E-state index contributed by atoms with van der Waals surface area (Å²) in [7, 11) is 0. The molecule has 0 heterocycles. The Hall–Kier alpha value is -0.0400. The van der Waals surface area contributed by atoms with Gasteiger partial charge in [-0.25, -0.2) is 0 Å². The van der Waals surface area contributed by atoms with E-state index in [0.717, 1.165) is 6.42 Å². The molecule has 0 spiro atoms. The number of hydrogen-bond acceptors (Lipinski definition) is 1. The van der Waals surface area contributed by atoms with E-state index < -0.39 is 0 Å². The Kier molecular flexibility index (Phi) is 2.60. The van der Waals surface area contributed by atoms with Gasteiger partial charge in [-0.1, -0.05) is 55.4 Å². The standard InChI is InChI=1S/C14H28O/c1-11(2)9-12(3,4)14(7,8)13(5,6)10(11)15/h10,15H,9H2,1-8H3. The third-order valence-electron chi connectivity index (χ3n) is 5.62. The first-order chi connectivity index (χ1) is 6.36. The van der Waals surface area contributed by atoms with Gasteiger partial charge in [0.2, 0.25) is 0 Å². The molecule has 1 atom stereocenters. The lowest BCUT2D eigenvalue weighted by molar-refractivity contribution is -0.199. The van der Waals surface area contributed by atoms with Gasteiger partial charge < -0.3 is 5.11 Å². The molecule has 15 heavy (non-hydrogen) atoms. The monoisotopic (exact) mass is 212 g/mol. The zero-order valence-corrected chi connectivity index (χ0v) is 11.7. The molecule has 1 N–H and O–H groups in total. The summed E-state index contributed by atoms with van der Waals surface area (Å²) in [5.74, 6) is 0. The molecule has 0 amide bonds. The molecule has 1 unspecified atom stereocenters. The second-order valence-corrected chi connectivity index (χ2v) is 7.80. The highest BCUT2D eigenvalue weighted by molar-refractivity contribution is 5.09. The zero-order valence-electron chi connectivity index (χ0n) is 11.7. The van der Waals surface area contributed by atoms with E-state index in [-0.39, 0.29) is 27.8 Å². The molecule has 0 aromatic heterocycles. The van der Waals surface area contributed by atoms with Crippen LogP contribution in [0.2, 0.25) is 0 Å². The smallest absolute Gasteiger partial charge is 0.0647 e. The van der Waals surface area contributed by atoms with Crippen LogP contribution >= 0.6 is 0 Å². The first-order valence-electron chi connectivity index (χ1n) is 6.04. The molecule has 1 aliphatic carbocycles. The van der Waals surface area contributed by atoms with Gasteiger partial charge in [0.15, 0.2) is 0 Å². The molecule has 0 radical (unpaired) electrons. The third kappa shape index (κ3) is 1.54. The van der Waals surface area contributed by atoms with Crippen LogP contribution in [0.5, 0.6) is 0 Å². The summed E-state index contributed by atoms with van der Waals surface area (Å²) < 4.78 is 0. The third-order valence-corrected chi connectivity index (χ3v) is 5.62. The van der Waals surface area contributed by atoms with E-state index in [2.05, 4.69) is 55.4 Å². The van der Waals surface area contributed by atoms with Crippen molar-refractivity contribution in [3.8, 4) is 0 Å². The highest BCUT2D eigenvalue weighted by atomic mass is 16.3. The Labute approximate surface area is 95.3 Å². The van der Waals surface area contributed by atoms with Crippen molar-refractivity contribution in [2.24, 2.45) is 21.7 Å². The van der Waals surface area contributed by atoms with Crippen LogP contribution in [0.3, 0.4) is 0 Å². The van der Waals surface area contributed by atoms with Gasteiger partial charge in [0.25, 0.3) is 0 Å². The van der Waals surface area contributed by atoms with Crippen LogP contribution in [0.4, 0.5) is 0 Å². The lowest BCUT2D eigenvalue weighted by atomic mass is 9.43. The Morgan fingerprint density at radius 3 is 1.67 bits per heavy atom. The van der Waals surface area contributed by atoms with Crippen LogP contribution in [0.1, 0.15) is 61.8 Å². The van der Waals surface area contributed by atoms with Crippen molar-refractivity contribution in [1.29, 1.82) is 0 Å². The predicted octanol–water partition coefficient (Wildman–Crippen LogP) is 3.86. The maximum atomic E-state index is 10.5. The van der Waals surface area contributed by atoms with Gasteiger partial charge in [0.05, 0.1) is 6.10 Å². The molecule has 1 saturated carbocycles. The normalized spacial score (nSPS) is 36.2. The van der Waals surface area contributed by atoms with Crippen molar-refractivity contribution in [2.45, 2.75) is 67.9 Å². The van der Waals surface area contributed by atoms with E-state index in [1.807, 2.05) is 0 Å². The van der Waals surface area contributed by atoms with Crippen LogP contribution in [0.25, 0.3) is 0 Å². The van der Waals surface area contributed by atoms with E-state index in [0.29, 0.717) is 0 Å². The summed E-state index contributed by atoms with van der Waals surface area (Å²) in [4.78, 5) is 0. The summed E-state index contributed by atoms with van der Waals surface area (Å²) in [5.41, 5.74) is 0.384. The van der Waals surface area contributed by atoms with Crippen molar-refractivity contribution in [2.75, 3.05) is 0 Å². The molecule has 90 valence electrons. The summed E-state index contributed by atoms with van der Waals surface area (Å²) in [5, 5.41) is 10.5. The molecule has 0 saturated heterocycles. The van der Waals surface area contributed by atoms with Crippen molar-refractivity contribution in [3.63, 3.8) is 0 Å². The first kappa shape index (κ1) is 13.0. The van der Waals surface area contributed by atoms with E-state index in [4.69, 9.17) is 0 Å². The summed E-state index contributed by atoms with van der Waals surface area (Å²) in [6.07, 6.45) is 0.852. The second-order valence-electron chi connectivity index (χ2n) is 7.80. The Bertz CT molecular complexity index is 259. The van der Waals surface area contributed by atoms with Gasteiger partial charge in [-0.2, -0.15) is 0 Å². The molecular formula is C14H28O. The average molecular weight is 212 g/mol. The molecule has 0 aromatic carbocycles. The summed E-state index contributed by atoms with van der Waals surface area (Å²) >= 11 is 0. The lowest BCUT2D eigenvalue weighted by Gasteiger charge is -2.63. The Morgan fingerprint density at radius 2 is 1.27 bits per heavy atom. The van der Waals surface area contributed by atoms with Crippen LogP contribution in [0, 0.1) is 21.7 Å². The summed E-state index contributed by atoms with van der Waals surface area (Å²) in [6, 6.07) is 0. The molecule has 1 rings (SSSR count). The maximum Gasteiger partial charge on any atom is 0.0647 e. The van der Waals surface area contributed by atoms with E-state index in [1.165, 1.54) is 0 Å². The first-order valence-corrected chi connectivity index (χ1v) is 6.04. The molecule has 1 fully saturated rings. The highest BCUT2D eigenvalue weighted by Gasteiger charge is 2.60. The van der Waals surface area contributed by atoms with Gasteiger partial charge in [0.1, 0.15) is 0 Å². The molecule has 0 aromatic rings. The molecule has 1 aliphatic rings. The largest absolute Gasteiger partial charge is 0.392 e. The van der Waals surface area contributed by atoms with Gasteiger partial charge in [-0.05, 0) is 28.1 Å². The molecule has 1 heteroatoms.